The zero-order chi connectivity index (χ0) is 14.8. The van der Waals surface area contributed by atoms with Gasteiger partial charge in [-0.3, -0.25) is 4.72 Å². The minimum absolute atomic E-state index is 0.183. The first kappa shape index (κ1) is 15.3. The smallest absolute Gasteiger partial charge is 0.262 e. The molecule has 0 aromatic heterocycles. The number of sulfonamides is 1. The summed E-state index contributed by atoms with van der Waals surface area (Å²) in [6, 6.07) is 12.0. The van der Waals surface area contributed by atoms with Gasteiger partial charge in [0.2, 0.25) is 0 Å². The fourth-order valence-corrected chi connectivity index (χ4v) is 3.47. The minimum atomic E-state index is -3.65. The average molecular weight is 403 g/mol. The van der Waals surface area contributed by atoms with Crippen LogP contribution in [0.4, 0.5) is 5.69 Å². The predicted molar refractivity (Wildman–Crippen MR) is 87.1 cm³/mol. The molecule has 0 spiro atoms. The predicted octanol–water partition coefficient (Wildman–Crippen LogP) is 2.89. The summed E-state index contributed by atoms with van der Waals surface area (Å²) in [4.78, 5) is 0.183. The van der Waals surface area contributed by atoms with Crippen LogP contribution < -0.4 is 4.72 Å². The Morgan fingerprint density at radius 1 is 1.15 bits per heavy atom. The third-order valence-electron chi connectivity index (χ3n) is 2.82. The summed E-state index contributed by atoms with van der Waals surface area (Å²) in [6.45, 7) is 1.54. The van der Waals surface area contributed by atoms with Gasteiger partial charge in [0.05, 0.1) is 11.5 Å². The number of rotatable bonds is 4. The van der Waals surface area contributed by atoms with Crippen molar-refractivity contribution < 1.29 is 13.5 Å². The zero-order valence-electron chi connectivity index (χ0n) is 10.8. The van der Waals surface area contributed by atoms with Crippen molar-refractivity contribution in [3.63, 3.8) is 0 Å². The van der Waals surface area contributed by atoms with Crippen LogP contribution >= 0.6 is 22.6 Å². The van der Waals surface area contributed by atoms with Gasteiger partial charge < -0.3 is 5.11 Å². The molecule has 0 saturated heterocycles. The Labute approximate surface area is 132 Å². The maximum absolute atomic E-state index is 12.4. The van der Waals surface area contributed by atoms with Crippen molar-refractivity contribution in [1.29, 1.82) is 0 Å². The standard InChI is InChI=1S/C14H14INO3S/c1-10-2-3-11(9-17)8-14(10)20(18,19)16-13-6-4-12(15)5-7-13/h2-8,16-17H,9H2,1H3. The lowest BCUT2D eigenvalue weighted by atomic mass is 10.2. The fraction of sp³-hybridized carbons (Fsp3) is 0.143. The van der Waals surface area contributed by atoms with E-state index in [1.165, 1.54) is 6.07 Å². The molecule has 0 atom stereocenters. The van der Waals surface area contributed by atoms with Gasteiger partial charge in [0.15, 0.2) is 0 Å². The van der Waals surface area contributed by atoms with Crippen molar-refractivity contribution in [3.05, 3.63) is 57.2 Å². The lowest BCUT2D eigenvalue weighted by Gasteiger charge is -2.11. The molecule has 2 aromatic rings. The van der Waals surface area contributed by atoms with E-state index in [0.29, 0.717) is 16.8 Å². The summed E-state index contributed by atoms with van der Waals surface area (Å²) in [7, 11) is -3.65. The molecule has 0 radical (unpaired) electrons. The van der Waals surface area contributed by atoms with E-state index in [1.807, 2.05) is 12.1 Å². The largest absolute Gasteiger partial charge is 0.392 e. The molecule has 2 rings (SSSR count). The second-order valence-electron chi connectivity index (χ2n) is 4.37. The van der Waals surface area contributed by atoms with E-state index in [-0.39, 0.29) is 11.5 Å². The van der Waals surface area contributed by atoms with Crippen LogP contribution in [0.25, 0.3) is 0 Å². The van der Waals surface area contributed by atoms with Gasteiger partial charge in [0, 0.05) is 9.26 Å². The van der Waals surface area contributed by atoms with Gasteiger partial charge in [-0.25, -0.2) is 8.42 Å². The van der Waals surface area contributed by atoms with E-state index in [9.17, 15) is 8.42 Å². The number of hydrogen-bond donors (Lipinski definition) is 2. The van der Waals surface area contributed by atoms with Crippen LogP contribution in [0.5, 0.6) is 0 Å². The molecule has 0 bridgehead atoms. The first-order chi connectivity index (χ1) is 9.42. The number of anilines is 1. The van der Waals surface area contributed by atoms with Crippen LogP contribution in [0.2, 0.25) is 0 Å². The maximum atomic E-state index is 12.4. The highest BCUT2D eigenvalue weighted by molar-refractivity contribution is 14.1. The van der Waals surface area contributed by atoms with Gasteiger partial charge >= 0.3 is 0 Å². The van der Waals surface area contributed by atoms with Crippen molar-refractivity contribution in [1.82, 2.24) is 0 Å². The van der Waals surface area contributed by atoms with Gasteiger partial charge in [0.25, 0.3) is 10.0 Å². The number of aliphatic hydroxyl groups excluding tert-OH is 1. The summed E-state index contributed by atoms with van der Waals surface area (Å²) < 4.78 is 28.3. The van der Waals surface area contributed by atoms with Gasteiger partial charge in [-0.15, -0.1) is 0 Å². The zero-order valence-corrected chi connectivity index (χ0v) is 13.8. The van der Waals surface area contributed by atoms with Crippen LogP contribution in [0.1, 0.15) is 11.1 Å². The van der Waals surface area contributed by atoms with Crippen LogP contribution in [-0.2, 0) is 16.6 Å². The molecule has 0 aliphatic carbocycles. The summed E-state index contributed by atoms with van der Waals surface area (Å²) in [5, 5.41) is 9.12. The highest BCUT2D eigenvalue weighted by Crippen LogP contribution is 2.21. The highest BCUT2D eigenvalue weighted by atomic mass is 127. The number of benzene rings is 2. The first-order valence-corrected chi connectivity index (χ1v) is 8.47. The summed E-state index contributed by atoms with van der Waals surface area (Å²) in [5.74, 6) is 0. The Hall–Kier alpha value is -1.12. The number of hydrogen-bond acceptors (Lipinski definition) is 3. The molecule has 0 fully saturated rings. The third kappa shape index (κ3) is 3.50. The Kier molecular flexibility index (Phi) is 4.66. The molecular weight excluding hydrogens is 389 g/mol. The van der Waals surface area contributed by atoms with E-state index >= 15 is 0 Å². The van der Waals surface area contributed by atoms with E-state index in [1.54, 1.807) is 31.2 Å². The van der Waals surface area contributed by atoms with Crippen molar-refractivity contribution in [3.8, 4) is 0 Å². The summed E-state index contributed by atoms with van der Waals surface area (Å²) in [6.07, 6.45) is 0. The SMILES string of the molecule is Cc1ccc(CO)cc1S(=O)(=O)Nc1ccc(I)cc1. The van der Waals surface area contributed by atoms with E-state index in [4.69, 9.17) is 5.11 Å². The molecule has 0 saturated carbocycles. The Morgan fingerprint density at radius 3 is 2.40 bits per heavy atom. The molecular formula is C14H14INO3S. The molecule has 6 heteroatoms. The van der Waals surface area contributed by atoms with E-state index in [0.717, 1.165) is 3.57 Å². The Bertz CT molecular complexity index is 712. The lowest BCUT2D eigenvalue weighted by molar-refractivity contribution is 0.281. The van der Waals surface area contributed by atoms with Crippen LogP contribution in [0, 0.1) is 10.5 Å². The third-order valence-corrected chi connectivity index (χ3v) is 5.06. The van der Waals surface area contributed by atoms with Crippen molar-refractivity contribution in [2.24, 2.45) is 0 Å². The highest BCUT2D eigenvalue weighted by Gasteiger charge is 2.17. The monoisotopic (exact) mass is 403 g/mol. The van der Waals surface area contributed by atoms with Gasteiger partial charge in [-0.1, -0.05) is 12.1 Å². The quantitative estimate of drug-likeness (QED) is 0.772. The minimum Gasteiger partial charge on any atom is -0.392 e. The second-order valence-corrected chi connectivity index (χ2v) is 7.27. The van der Waals surface area contributed by atoms with E-state index in [2.05, 4.69) is 27.3 Å². The Morgan fingerprint density at radius 2 is 1.80 bits per heavy atom. The van der Waals surface area contributed by atoms with Gasteiger partial charge in [-0.2, -0.15) is 0 Å². The van der Waals surface area contributed by atoms with E-state index < -0.39 is 10.0 Å². The number of nitrogens with one attached hydrogen (secondary N) is 1. The first-order valence-electron chi connectivity index (χ1n) is 5.91. The number of aryl methyl sites for hydroxylation is 1. The van der Waals surface area contributed by atoms with Crippen molar-refractivity contribution in [2.45, 2.75) is 18.4 Å². The van der Waals surface area contributed by atoms with Crippen molar-refractivity contribution in [2.75, 3.05) is 4.72 Å². The molecule has 106 valence electrons. The molecule has 0 amide bonds. The molecule has 0 aliphatic heterocycles. The summed E-state index contributed by atoms with van der Waals surface area (Å²) >= 11 is 2.15. The van der Waals surface area contributed by atoms with Gasteiger partial charge in [-0.05, 0) is 71.0 Å². The number of aliphatic hydroxyl groups is 1. The second kappa shape index (κ2) is 6.11. The topological polar surface area (TPSA) is 66.4 Å². The lowest BCUT2D eigenvalue weighted by Crippen LogP contribution is -2.14. The molecule has 0 heterocycles. The van der Waals surface area contributed by atoms with Crippen LogP contribution in [0.3, 0.4) is 0 Å². The summed E-state index contributed by atoms with van der Waals surface area (Å²) in [5.41, 5.74) is 1.72. The molecule has 2 N–H and O–H groups in total. The normalized spacial score (nSPS) is 11.3. The van der Waals surface area contributed by atoms with Gasteiger partial charge in [0.1, 0.15) is 0 Å². The average Bonchev–Trinajstić information content (AvgIpc) is 2.41. The Balaban J connectivity index is 2.37. The molecule has 0 aliphatic rings. The maximum Gasteiger partial charge on any atom is 0.262 e. The number of halogens is 1. The van der Waals surface area contributed by atoms with Crippen LogP contribution in [0.15, 0.2) is 47.4 Å². The fourth-order valence-electron chi connectivity index (χ4n) is 1.76. The molecule has 20 heavy (non-hydrogen) atoms. The molecule has 0 unspecified atom stereocenters. The van der Waals surface area contributed by atoms with Crippen LogP contribution in [-0.4, -0.2) is 13.5 Å². The molecule has 4 nitrogen and oxygen atoms in total. The van der Waals surface area contributed by atoms with Crippen molar-refractivity contribution >= 4 is 38.3 Å². The molecule has 2 aromatic carbocycles.